The van der Waals surface area contributed by atoms with Crippen LogP contribution in [-0.2, 0) is 9.53 Å². The van der Waals surface area contributed by atoms with Gasteiger partial charge in [-0.05, 0) is 25.7 Å². The van der Waals surface area contributed by atoms with Crippen LogP contribution in [0.4, 0.5) is 0 Å². The van der Waals surface area contributed by atoms with Crippen molar-refractivity contribution in [2.75, 3.05) is 7.11 Å². The minimum Gasteiger partial charge on any atom is -0.469 e. The van der Waals surface area contributed by atoms with Crippen molar-refractivity contribution < 1.29 is 9.53 Å². The van der Waals surface area contributed by atoms with Crippen LogP contribution < -0.4 is 5.32 Å². The summed E-state index contributed by atoms with van der Waals surface area (Å²) in [5, 5.41) is 3.51. The van der Waals surface area contributed by atoms with Crippen molar-refractivity contribution in [3.05, 3.63) is 0 Å². The summed E-state index contributed by atoms with van der Waals surface area (Å²) in [6, 6.07) is 1.08. The normalized spacial score (nSPS) is 29.4. The number of hydrogen-bond donors (Lipinski definition) is 1. The van der Waals surface area contributed by atoms with E-state index in [9.17, 15) is 4.79 Å². The molecular formula is C11H21NO2. The van der Waals surface area contributed by atoms with Crippen LogP contribution in [0, 0.1) is 11.8 Å². The van der Waals surface area contributed by atoms with E-state index in [-0.39, 0.29) is 11.9 Å². The smallest absolute Gasteiger partial charge is 0.308 e. The Bertz CT molecular complexity index is 205. The number of nitrogens with one attached hydrogen (secondary N) is 1. The van der Waals surface area contributed by atoms with E-state index in [1.165, 1.54) is 13.5 Å². The Morgan fingerprint density at radius 1 is 1.57 bits per heavy atom. The molecule has 0 aromatic heterocycles. The molecule has 3 heteroatoms. The van der Waals surface area contributed by atoms with Gasteiger partial charge in [-0.2, -0.15) is 0 Å². The van der Waals surface area contributed by atoms with Gasteiger partial charge in [-0.1, -0.05) is 13.8 Å². The Hall–Kier alpha value is -0.570. The van der Waals surface area contributed by atoms with E-state index in [1.54, 1.807) is 0 Å². The third kappa shape index (κ3) is 3.29. The number of hydrogen-bond acceptors (Lipinski definition) is 3. The molecule has 1 aliphatic rings. The average Bonchev–Trinajstić information content (AvgIpc) is 2.79. The predicted molar refractivity (Wildman–Crippen MR) is 56.0 cm³/mol. The van der Waals surface area contributed by atoms with Gasteiger partial charge in [-0.15, -0.1) is 0 Å². The minimum atomic E-state index is -0.109. The fourth-order valence-corrected chi connectivity index (χ4v) is 1.82. The van der Waals surface area contributed by atoms with Gasteiger partial charge in [0.05, 0.1) is 13.0 Å². The van der Waals surface area contributed by atoms with Crippen molar-refractivity contribution in [1.82, 2.24) is 5.32 Å². The molecule has 0 saturated heterocycles. The molecule has 0 amide bonds. The first-order chi connectivity index (χ1) is 6.54. The molecule has 1 saturated carbocycles. The lowest BCUT2D eigenvalue weighted by molar-refractivity contribution is -0.145. The zero-order valence-electron chi connectivity index (χ0n) is 9.54. The van der Waals surface area contributed by atoms with E-state index in [1.807, 2.05) is 6.92 Å². The van der Waals surface area contributed by atoms with Gasteiger partial charge in [0, 0.05) is 12.1 Å². The number of esters is 1. The van der Waals surface area contributed by atoms with Crippen molar-refractivity contribution >= 4 is 5.97 Å². The fourth-order valence-electron chi connectivity index (χ4n) is 1.82. The van der Waals surface area contributed by atoms with E-state index in [4.69, 9.17) is 0 Å². The maximum Gasteiger partial charge on any atom is 0.308 e. The molecule has 0 aromatic carbocycles. The first kappa shape index (κ1) is 11.5. The summed E-state index contributed by atoms with van der Waals surface area (Å²) < 4.78 is 4.69. The van der Waals surface area contributed by atoms with Gasteiger partial charge >= 0.3 is 5.97 Å². The predicted octanol–water partition coefficient (Wildman–Crippen LogP) is 1.57. The molecular weight excluding hydrogens is 178 g/mol. The Kier molecular flexibility index (Phi) is 3.93. The summed E-state index contributed by atoms with van der Waals surface area (Å²) in [6.45, 7) is 6.29. The molecule has 1 N–H and O–H groups in total. The topological polar surface area (TPSA) is 38.3 Å². The molecule has 1 aliphatic carbocycles. The summed E-state index contributed by atoms with van der Waals surface area (Å²) in [5.74, 6) is 0.699. The Morgan fingerprint density at radius 3 is 2.57 bits per heavy atom. The van der Waals surface area contributed by atoms with Gasteiger partial charge in [0.1, 0.15) is 0 Å². The molecule has 0 radical (unpaired) electrons. The van der Waals surface area contributed by atoms with Crippen molar-refractivity contribution in [2.24, 2.45) is 11.8 Å². The van der Waals surface area contributed by atoms with E-state index in [0.29, 0.717) is 12.1 Å². The highest BCUT2D eigenvalue weighted by Crippen LogP contribution is 2.29. The van der Waals surface area contributed by atoms with Crippen molar-refractivity contribution in [1.29, 1.82) is 0 Å². The minimum absolute atomic E-state index is 0.00319. The lowest BCUT2D eigenvalue weighted by Gasteiger charge is -2.16. The van der Waals surface area contributed by atoms with Crippen LogP contribution in [0.15, 0.2) is 0 Å². The molecule has 0 spiro atoms. The Morgan fingerprint density at radius 2 is 2.14 bits per heavy atom. The second-order valence-corrected chi connectivity index (χ2v) is 4.55. The Labute approximate surface area is 86.2 Å². The number of carbonyl (C=O) groups excluding carboxylic acids is 1. The monoisotopic (exact) mass is 199 g/mol. The average molecular weight is 199 g/mol. The molecule has 0 aliphatic heterocycles. The molecule has 14 heavy (non-hydrogen) atoms. The van der Waals surface area contributed by atoms with Crippen LogP contribution >= 0.6 is 0 Å². The number of rotatable bonds is 5. The van der Waals surface area contributed by atoms with Gasteiger partial charge in [0.15, 0.2) is 0 Å². The number of carbonyl (C=O) groups is 1. The zero-order chi connectivity index (χ0) is 10.7. The SMILES string of the molecule is COC(=O)C(C)CC(C)NC1CC1C. The summed E-state index contributed by atoms with van der Waals surface area (Å²) in [5.41, 5.74) is 0. The third-order valence-corrected chi connectivity index (χ3v) is 2.92. The fraction of sp³-hybridized carbons (Fsp3) is 0.909. The summed E-state index contributed by atoms with van der Waals surface area (Å²) in [4.78, 5) is 11.2. The van der Waals surface area contributed by atoms with E-state index in [2.05, 4.69) is 23.9 Å². The lowest BCUT2D eigenvalue weighted by Crippen LogP contribution is -2.32. The van der Waals surface area contributed by atoms with Gasteiger partial charge in [-0.3, -0.25) is 4.79 Å². The maximum atomic E-state index is 11.2. The highest BCUT2D eigenvalue weighted by molar-refractivity contribution is 5.71. The summed E-state index contributed by atoms with van der Waals surface area (Å²) in [6.07, 6.45) is 2.13. The quantitative estimate of drug-likeness (QED) is 0.683. The van der Waals surface area contributed by atoms with E-state index < -0.39 is 0 Å². The van der Waals surface area contributed by atoms with Gasteiger partial charge < -0.3 is 10.1 Å². The molecule has 4 atom stereocenters. The standard InChI is InChI=1S/C11H21NO2/c1-7-6-10(7)12-9(3)5-8(2)11(13)14-4/h7-10,12H,5-6H2,1-4H3. The molecule has 1 fully saturated rings. The van der Waals surface area contributed by atoms with Gasteiger partial charge in [-0.25, -0.2) is 0 Å². The zero-order valence-corrected chi connectivity index (χ0v) is 9.54. The third-order valence-electron chi connectivity index (χ3n) is 2.92. The van der Waals surface area contributed by atoms with Gasteiger partial charge in [0.25, 0.3) is 0 Å². The van der Waals surface area contributed by atoms with Crippen LogP contribution in [-0.4, -0.2) is 25.2 Å². The van der Waals surface area contributed by atoms with E-state index >= 15 is 0 Å². The van der Waals surface area contributed by atoms with Crippen LogP contribution in [0.3, 0.4) is 0 Å². The van der Waals surface area contributed by atoms with E-state index in [0.717, 1.165) is 12.3 Å². The first-order valence-electron chi connectivity index (χ1n) is 5.38. The molecule has 0 aromatic rings. The van der Waals surface area contributed by atoms with Crippen LogP contribution in [0.5, 0.6) is 0 Å². The van der Waals surface area contributed by atoms with Crippen molar-refractivity contribution in [3.63, 3.8) is 0 Å². The number of ether oxygens (including phenoxy) is 1. The van der Waals surface area contributed by atoms with Crippen molar-refractivity contribution in [2.45, 2.75) is 45.7 Å². The summed E-state index contributed by atoms with van der Waals surface area (Å²) in [7, 11) is 1.44. The highest BCUT2D eigenvalue weighted by atomic mass is 16.5. The molecule has 3 nitrogen and oxygen atoms in total. The van der Waals surface area contributed by atoms with Crippen molar-refractivity contribution in [3.8, 4) is 0 Å². The first-order valence-corrected chi connectivity index (χ1v) is 5.38. The van der Waals surface area contributed by atoms with Crippen LogP contribution in [0.1, 0.15) is 33.6 Å². The molecule has 1 rings (SSSR count). The second kappa shape index (κ2) is 4.78. The largest absolute Gasteiger partial charge is 0.469 e. The van der Waals surface area contributed by atoms with Crippen LogP contribution in [0.2, 0.25) is 0 Å². The highest BCUT2D eigenvalue weighted by Gasteiger charge is 2.33. The second-order valence-electron chi connectivity index (χ2n) is 4.55. The Balaban J connectivity index is 2.18. The van der Waals surface area contributed by atoms with Crippen LogP contribution in [0.25, 0.3) is 0 Å². The number of methoxy groups -OCH3 is 1. The molecule has 4 unspecified atom stereocenters. The maximum absolute atomic E-state index is 11.2. The molecule has 82 valence electrons. The molecule has 0 heterocycles. The molecule has 0 bridgehead atoms. The summed E-state index contributed by atoms with van der Waals surface area (Å²) >= 11 is 0. The lowest BCUT2D eigenvalue weighted by atomic mass is 10.0. The van der Waals surface area contributed by atoms with Gasteiger partial charge in [0.2, 0.25) is 0 Å².